The van der Waals surface area contributed by atoms with Gasteiger partial charge in [0.2, 0.25) is 0 Å². The van der Waals surface area contributed by atoms with Crippen LogP contribution in [0.25, 0.3) is 0 Å². The molecule has 0 aromatic carbocycles. The van der Waals surface area contributed by atoms with E-state index in [1.54, 1.807) is 0 Å². The Morgan fingerprint density at radius 3 is 1.94 bits per heavy atom. The Morgan fingerprint density at radius 1 is 1.06 bits per heavy atom. The molecule has 0 bridgehead atoms. The monoisotopic (exact) mass is 264 g/mol. The molecule has 0 aromatic heterocycles. The predicted molar refractivity (Wildman–Crippen MR) is 46.4 cm³/mol. The summed E-state index contributed by atoms with van der Waals surface area (Å²) < 4.78 is 87.5. The average Bonchev–Trinajstić information content (AvgIpc) is 2.64. The number of hydrogen-bond donors (Lipinski definition) is 0. The Morgan fingerprint density at radius 2 is 1.59 bits per heavy atom. The molecule has 0 saturated heterocycles. The quantitative estimate of drug-likeness (QED) is 0.667. The van der Waals surface area contributed by atoms with E-state index >= 15 is 0 Å². The molecule has 0 N–H and O–H groups in total. The highest BCUT2D eigenvalue weighted by Gasteiger charge is 2.75. The first kappa shape index (κ1) is 14.6. The van der Waals surface area contributed by atoms with E-state index in [0.29, 0.717) is 0 Å². The van der Waals surface area contributed by atoms with Crippen molar-refractivity contribution in [2.75, 3.05) is 0 Å². The van der Waals surface area contributed by atoms with Gasteiger partial charge in [0.1, 0.15) is 0 Å². The van der Waals surface area contributed by atoms with Crippen LogP contribution in [-0.4, -0.2) is 18.0 Å². The van der Waals surface area contributed by atoms with Crippen molar-refractivity contribution in [2.45, 2.75) is 37.3 Å². The zero-order valence-corrected chi connectivity index (χ0v) is 8.71. The van der Waals surface area contributed by atoms with Crippen molar-refractivity contribution in [1.82, 2.24) is 0 Å². The molecular weight excluding hydrogens is 253 g/mol. The molecule has 0 aliphatic heterocycles. The molecule has 0 aromatic rings. The normalized spacial score (nSPS) is 27.5. The second-order valence-corrected chi connectivity index (χ2v) is 4.16. The third-order valence-electron chi connectivity index (χ3n) is 2.99. The van der Waals surface area contributed by atoms with Gasteiger partial charge in [-0.1, -0.05) is 13.3 Å². The van der Waals surface area contributed by atoms with E-state index < -0.39 is 23.9 Å². The van der Waals surface area contributed by atoms with Crippen LogP contribution in [0.4, 0.5) is 30.7 Å². The molecule has 0 spiro atoms. The molecule has 2 radical (unpaired) electrons. The highest BCUT2D eigenvalue weighted by molar-refractivity contribution is 5.04. The lowest BCUT2D eigenvalue weighted by Gasteiger charge is -2.32. The minimum atomic E-state index is -6.24. The Bertz CT molecular complexity index is 268. The molecule has 1 aliphatic rings. The molecule has 100 valence electrons. The van der Waals surface area contributed by atoms with E-state index in [0.717, 1.165) is 6.42 Å². The summed E-state index contributed by atoms with van der Waals surface area (Å²) in [6.45, 7) is 3.42. The third-order valence-corrected chi connectivity index (χ3v) is 2.99. The summed E-state index contributed by atoms with van der Waals surface area (Å²) in [7, 11) is 0. The summed E-state index contributed by atoms with van der Waals surface area (Å²) >= 11 is 0. The second-order valence-electron chi connectivity index (χ2n) is 4.16. The molecule has 2 atom stereocenters. The fourth-order valence-corrected chi connectivity index (χ4v) is 1.86. The number of rotatable bonds is 3. The number of hydrogen-bond acceptors (Lipinski definition) is 0. The second kappa shape index (κ2) is 4.31. The zero-order chi connectivity index (χ0) is 13.5. The lowest BCUT2D eigenvalue weighted by molar-refractivity contribution is -0.363. The summed E-state index contributed by atoms with van der Waals surface area (Å²) in [6, 6.07) is 0. The van der Waals surface area contributed by atoms with Crippen LogP contribution >= 0.6 is 0 Å². The van der Waals surface area contributed by atoms with Crippen LogP contribution in [0.1, 0.15) is 19.3 Å². The van der Waals surface area contributed by atoms with Crippen LogP contribution < -0.4 is 0 Å². The van der Waals surface area contributed by atoms with Gasteiger partial charge in [0.05, 0.1) is 0 Å². The maximum absolute atomic E-state index is 13.2. The van der Waals surface area contributed by atoms with E-state index in [4.69, 9.17) is 0 Å². The summed E-state index contributed by atoms with van der Waals surface area (Å²) in [6.07, 6.45) is -5.46. The summed E-state index contributed by atoms with van der Waals surface area (Å²) in [4.78, 5) is 0. The highest BCUT2D eigenvalue weighted by Crippen LogP contribution is 2.54. The van der Waals surface area contributed by atoms with Gasteiger partial charge in [-0.2, -0.15) is 30.7 Å². The van der Waals surface area contributed by atoms with E-state index in [-0.39, 0.29) is 25.2 Å². The minimum Gasteiger partial charge on any atom is -0.199 e. The van der Waals surface area contributed by atoms with Gasteiger partial charge in [-0.15, -0.1) is 0 Å². The molecule has 0 heterocycles. The highest BCUT2D eigenvalue weighted by atomic mass is 19.4. The van der Waals surface area contributed by atoms with Gasteiger partial charge < -0.3 is 0 Å². The Labute approximate surface area is 94.2 Å². The van der Waals surface area contributed by atoms with Crippen molar-refractivity contribution in [3.63, 3.8) is 0 Å². The SMILES string of the molecule is [CH2]CC1C[CH]C(C(F)(F)C(F)(F)C(F)(F)F)C1. The van der Waals surface area contributed by atoms with Gasteiger partial charge in [-0.3, -0.25) is 0 Å². The first-order valence-electron chi connectivity index (χ1n) is 4.99. The van der Waals surface area contributed by atoms with Crippen LogP contribution in [0, 0.1) is 25.2 Å². The van der Waals surface area contributed by atoms with E-state index in [2.05, 4.69) is 6.92 Å². The summed E-state index contributed by atoms with van der Waals surface area (Å²) in [5.74, 6) is -13.5. The molecule has 1 rings (SSSR count). The molecule has 2 unspecified atom stereocenters. The first-order valence-corrected chi connectivity index (χ1v) is 4.99. The Hall–Kier alpha value is -0.490. The van der Waals surface area contributed by atoms with Crippen molar-refractivity contribution in [1.29, 1.82) is 0 Å². The van der Waals surface area contributed by atoms with Gasteiger partial charge >= 0.3 is 18.0 Å². The average molecular weight is 264 g/mol. The fraction of sp³-hybridized carbons (Fsp3) is 0.800. The van der Waals surface area contributed by atoms with Gasteiger partial charge in [-0.05, 0) is 25.2 Å². The smallest absolute Gasteiger partial charge is 0.199 e. The predicted octanol–water partition coefficient (Wildman–Crippen LogP) is 4.27. The van der Waals surface area contributed by atoms with Gasteiger partial charge in [-0.25, -0.2) is 0 Å². The van der Waals surface area contributed by atoms with Crippen molar-refractivity contribution < 1.29 is 30.7 Å². The van der Waals surface area contributed by atoms with Crippen LogP contribution in [0.15, 0.2) is 0 Å². The topological polar surface area (TPSA) is 0 Å². The van der Waals surface area contributed by atoms with Crippen molar-refractivity contribution >= 4 is 0 Å². The summed E-state index contributed by atoms with van der Waals surface area (Å²) in [5.41, 5.74) is 0. The van der Waals surface area contributed by atoms with E-state index in [1.165, 1.54) is 0 Å². The van der Waals surface area contributed by atoms with E-state index in [9.17, 15) is 30.7 Å². The van der Waals surface area contributed by atoms with Gasteiger partial charge in [0.25, 0.3) is 0 Å². The Kier molecular flexibility index (Phi) is 3.70. The minimum absolute atomic E-state index is 0.0949. The van der Waals surface area contributed by atoms with Crippen LogP contribution in [0.5, 0.6) is 0 Å². The lowest BCUT2D eigenvalue weighted by Crippen LogP contribution is -2.55. The van der Waals surface area contributed by atoms with Crippen LogP contribution in [0.2, 0.25) is 0 Å². The van der Waals surface area contributed by atoms with Crippen molar-refractivity contribution in [2.24, 2.45) is 11.8 Å². The van der Waals surface area contributed by atoms with Crippen LogP contribution in [-0.2, 0) is 0 Å². The fourth-order valence-electron chi connectivity index (χ4n) is 1.86. The molecule has 0 amide bonds. The largest absolute Gasteiger partial charge is 0.459 e. The Balaban J connectivity index is 2.88. The maximum Gasteiger partial charge on any atom is 0.459 e. The van der Waals surface area contributed by atoms with E-state index in [1.807, 2.05) is 0 Å². The molecule has 1 aliphatic carbocycles. The van der Waals surface area contributed by atoms with Crippen LogP contribution in [0.3, 0.4) is 0 Å². The molecular formula is C10H11F7. The first-order chi connectivity index (χ1) is 7.54. The standard InChI is InChI=1S/C10H11F7/c1-2-6-3-4-7(5-6)8(11,12)9(13,14)10(15,16)17/h4,6-7H,1-3,5H2. The molecule has 1 fully saturated rings. The van der Waals surface area contributed by atoms with Crippen molar-refractivity contribution in [3.8, 4) is 0 Å². The molecule has 0 nitrogen and oxygen atoms in total. The third kappa shape index (κ3) is 2.38. The maximum atomic E-state index is 13.2. The molecule has 1 saturated carbocycles. The number of halogens is 7. The van der Waals surface area contributed by atoms with Gasteiger partial charge in [0.15, 0.2) is 0 Å². The zero-order valence-electron chi connectivity index (χ0n) is 8.71. The molecule has 17 heavy (non-hydrogen) atoms. The molecule has 7 heteroatoms. The van der Waals surface area contributed by atoms with Gasteiger partial charge in [0, 0.05) is 5.92 Å². The summed E-state index contributed by atoms with van der Waals surface area (Å²) in [5, 5.41) is 0. The van der Waals surface area contributed by atoms with Crippen molar-refractivity contribution in [3.05, 3.63) is 13.3 Å². The number of alkyl halides is 7. The lowest BCUT2D eigenvalue weighted by atomic mass is 9.92.